The zero-order valence-electron chi connectivity index (χ0n) is 16.4. The molecule has 3 aromatic rings. The maximum Gasteiger partial charge on any atom is 0.264 e. The maximum absolute atomic E-state index is 12.5. The second-order valence-electron chi connectivity index (χ2n) is 6.68. The minimum absolute atomic E-state index is 0.0471. The topological polar surface area (TPSA) is 82.6 Å². The van der Waals surface area contributed by atoms with Crippen LogP contribution in [0.25, 0.3) is 12.2 Å². The van der Waals surface area contributed by atoms with Crippen LogP contribution in [0.2, 0.25) is 0 Å². The third-order valence-electron chi connectivity index (χ3n) is 4.85. The fourth-order valence-electron chi connectivity index (χ4n) is 3.24. The van der Waals surface area contributed by atoms with Gasteiger partial charge >= 0.3 is 0 Å². The van der Waals surface area contributed by atoms with Crippen molar-refractivity contribution in [2.45, 2.75) is 0 Å². The first-order valence-electron chi connectivity index (χ1n) is 9.48. The number of anilines is 1. The molecule has 0 N–H and O–H groups in total. The van der Waals surface area contributed by atoms with Gasteiger partial charge < -0.3 is 19.0 Å². The zero-order chi connectivity index (χ0) is 20.9. The van der Waals surface area contributed by atoms with E-state index in [0.717, 1.165) is 16.2 Å². The van der Waals surface area contributed by atoms with Crippen LogP contribution >= 0.6 is 11.3 Å². The van der Waals surface area contributed by atoms with Crippen LogP contribution in [-0.2, 0) is 0 Å². The summed E-state index contributed by atoms with van der Waals surface area (Å²) in [5, 5.41) is 11.4. The summed E-state index contributed by atoms with van der Waals surface area (Å²) in [6.45, 7) is 2.31. The van der Waals surface area contributed by atoms with E-state index in [0.29, 0.717) is 38.0 Å². The lowest BCUT2D eigenvalue weighted by Crippen LogP contribution is -2.48. The van der Waals surface area contributed by atoms with Gasteiger partial charge in [-0.05, 0) is 35.2 Å². The number of thiophene rings is 1. The van der Waals surface area contributed by atoms with Gasteiger partial charge in [-0.2, -0.15) is 10.2 Å². The van der Waals surface area contributed by atoms with E-state index < -0.39 is 0 Å². The number of hydrogen-bond acceptors (Lipinski definition) is 7. The summed E-state index contributed by atoms with van der Waals surface area (Å²) in [5.74, 6) is 1.66. The minimum Gasteiger partial charge on any atom is -0.497 e. The summed E-state index contributed by atoms with van der Waals surface area (Å²) in [7, 11) is 1.63. The van der Waals surface area contributed by atoms with Crippen molar-refractivity contribution in [3.63, 3.8) is 0 Å². The van der Waals surface area contributed by atoms with E-state index in [-0.39, 0.29) is 11.6 Å². The summed E-state index contributed by atoms with van der Waals surface area (Å²) >= 11 is 1.45. The van der Waals surface area contributed by atoms with E-state index in [4.69, 9.17) is 9.15 Å². The average molecular weight is 420 g/mol. The molecule has 4 rings (SSSR count). The van der Waals surface area contributed by atoms with Crippen molar-refractivity contribution in [2.24, 2.45) is 0 Å². The second-order valence-corrected chi connectivity index (χ2v) is 7.63. The van der Waals surface area contributed by atoms with Gasteiger partial charge in [0.15, 0.2) is 0 Å². The highest BCUT2D eigenvalue weighted by Gasteiger charge is 2.26. The van der Waals surface area contributed by atoms with Gasteiger partial charge in [0.25, 0.3) is 5.91 Å². The molecule has 1 fully saturated rings. The number of piperazine rings is 1. The molecule has 0 saturated carbocycles. The standard InChI is InChI=1S/C22H20N4O3S/c1-28-17-7-4-16(5-8-17)6-9-20-24-18(15-23)22(29-20)26-12-10-25(11-13-26)21(27)19-3-2-14-30-19/h2-9,14H,10-13H2,1H3/b9-6+. The average Bonchev–Trinajstić information content (AvgIpc) is 3.48. The third kappa shape index (κ3) is 4.21. The van der Waals surface area contributed by atoms with Crippen molar-refractivity contribution in [1.82, 2.24) is 9.88 Å². The molecule has 152 valence electrons. The van der Waals surface area contributed by atoms with Crippen molar-refractivity contribution < 1.29 is 13.9 Å². The summed E-state index contributed by atoms with van der Waals surface area (Å²) < 4.78 is 11.0. The zero-order valence-corrected chi connectivity index (χ0v) is 17.3. The Kier molecular flexibility index (Phi) is 5.82. The van der Waals surface area contributed by atoms with Crippen LogP contribution in [0.5, 0.6) is 5.75 Å². The molecule has 1 aliphatic rings. The maximum atomic E-state index is 12.5. The Balaban J connectivity index is 1.43. The largest absolute Gasteiger partial charge is 0.497 e. The summed E-state index contributed by atoms with van der Waals surface area (Å²) in [4.78, 5) is 21.3. The SMILES string of the molecule is COc1ccc(/C=C/c2nc(C#N)c(N3CCN(C(=O)c4cccs4)CC3)o2)cc1. The summed E-state index contributed by atoms with van der Waals surface area (Å²) in [6.07, 6.45) is 3.61. The molecule has 1 aromatic carbocycles. The predicted octanol–water partition coefficient (Wildman–Crippen LogP) is 3.75. The normalized spacial score (nSPS) is 14.1. The van der Waals surface area contributed by atoms with Crippen LogP contribution in [0.3, 0.4) is 0 Å². The van der Waals surface area contributed by atoms with E-state index in [9.17, 15) is 10.1 Å². The number of ether oxygens (including phenoxy) is 1. The lowest BCUT2D eigenvalue weighted by atomic mass is 10.2. The van der Waals surface area contributed by atoms with Gasteiger partial charge in [0.05, 0.1) is 12.0 Å². The predicted molar refractivity (Wildman–Crippen MR) is 116 cm³/mol. The number of carbonyl (C=O) groups excluding carboxylic acids is 1. The van der Waals surface area contributed by atoms with Crippen molar-refractivity contribution in [3.8, 4) is 11.8 Å². The van der Waals surface area contributed by atoms with Gasteiger partial charge in [0.1, 0.15) is 11.8 Å². The van der Waals surface area contributed by atoms with Crippen molar-refractivity contribution in [3.05, 3.63) is 63.8 Å². The van der Waals surface area contributed by atoms with E-state index in [1.807, 2.05) is 57.7 Å². The smallest absolute Gasteiger partial charge is 0.264 e. The molecule has 30 heavy (non-hydrogen) atoms. The molecule has 1 amide bonds. The van der Waals surface area contributed by atoms with Crippen LogP contribution in [0.15, 0.2) is 46.2 Å². The van der Waals surface area contributed by atoms with E-state index in [1.165, 1.54) is 11.3 Å². The molecule has 0 unspecified atom stereocenters. The molecule has 0 spiro atoms. The number of methoxy groups -OCH3 is 1. The Morgan fingerprint density at radius 1 is 1.20 bits per heavy atom. The van der Waals surface area contributed by atoms with Crippen LogP contribution in [0.1, 0.15) is 26.8 Å². The molecule has 0 aliphatic carbocycles. The molecule has 0 bridgehead atoms. The molecular formula is C22H20N4O3S. The summed E-state index contributed by atoms with van der Waals surface area (Å²) in [5.41, 5.74) is 1.22. The Labute approximate surface area is 178 Å². The van der Waals surface area contributed by atoms with Crippen LogP contribution < -0.4 is 9.64 Å². The molecule has 0 radical (unpaired) electrons. The van der Waals surface area contributed by atoms with E-state index >= 15 is 0 Å². The first-order valence-corrected chi connectivity index (χ1v) is 10.4. The Hall–Kier alpha value is -3.57. The second kappa shape index (κ2) is 8.84. The monoisotopic (exact) mass is 420 g/mol. The number of amides is 1. The number of nitriles is 1. The molecule has 1 saturated heterocycles. The first kappa shape index (κ1) is 19.7. The number of carbonyl (C=O) groups is 1. The Bertz CT molecular complexity index is 1070. The Morgan fingerprint density at radius 2 is 1.97 bits per heavy atom. The number of rotatable bonds is 5. The van der Waals surface area contributed by atoms with Gasteiger partial charge in [0, 0.05) is 32.3 Å². The molecule has 3 heterocycles. The van der Waals surface area contributed by atoms with Crippen LogP contribution in [-0.4, -0.2) is 49.1 Å². The van der Waals surface area contributed by atoms with Crippen molar-refractivity contribution >= 4 is 35.3 Å². The highest BCUT2D eigenvalue weighted by atomic mass is 32.1. The van der Waals surface area contributed by atoms with Crippen LogP contribution in [0, 0.1) is 11.3 Å². The molecule has 8 heteroatoms. The number of aromatic nitrogens is 1. The molecule has 7 nitrogen and oxygen atoms in total. The van der Waals surface area contributed by atoms with Crippen molar-refractivity contribution in [2.75, 3.05) is 38.2 Å². The lowest BCUT2D eigenvalue weighted by Gasteiger charge is -2.34. The number of hydrogen-bond donors (Lipinski definition) is 0. The lowest BCUT2D eigenvalue weighted by molar-refractivity contribution is 0.0750. The molecule has 1 aliphatic heterocycles. The number of oxazole rings is 1. The van der Waals surface area contributed by atoms with Gasteiger partial charge in [-0.1, -0.05) is 18.2 Å². The molecular weight excluding hydrogens is 400 g/mol. The minimum atomic E-state index is 0.0471. The fraction of sp³-hybridized carbons (Fsp3) is 0.227. The number of nitrogens with zero attached hydrogens (tertiary/aromatic N) is 4. The highest BCUT2D eigenvalue weighted by molar-refractivity contribution is 7.12. The molecule has 2 aromatic heterocycles. The first-order chi connectivity index (χ1) is 14.7. The molecule has 0 atom stereocenters. The Morgan fingerprint density at radius 3 is 2.60 bits per heavy atom. The van der Waals surface area contributed by atoms with Gasteiger partial charge in [-0.25, -0.2) is 0 Å². The summed E-state index contributed by atoms with van der Waals surface area (Å²) in [6, 6.07) is 13.4. The van der Waals surface area contributed by atoms with Gasteiger partial charge in [-0.15, -0.1) is 11.3 Å². The van der Waals surface area contributed by atoms with E-state index in [2.05, 4.69) is 11.1 Å². The van der Waals surface area contributed by atoms with Gasteiger partial charge in [-0.3, -0.25) is 4.79 Å². The van der Waals surface area contributed by atoms with E-state index in [1.54, 1.807) is 13.2 Å². The number of benzene rings is 1. The quantitative estimate of drug-likeness (QED) is 0.625. The van der Waals surface area contributed by atoms with Gasteiger partial charge in [0.2, 0.25) is 17.5 Å². The fourth-order valence-corrected chi connectivity index (χ4v) is 3.93. The third-order valence-corrected chi connectivity index (χ3v) is 5.71. The highest BCUT2D eigenvalue weighted by Crippen LogP contribution is 2.25. The van der Waals surface area contributed by atoms with Crippen molar-refractivity contribution in [1.29, 1.82) is 5.26 Å². The van der Waals surface area contributed by atoms with Crippen LogP contribution in [0.4, 0.5) is 5.88 Å².